The number of carbonyl (C=O) groups excluding carboxylic acids is 1. The molecule has 3 aromatic rings. The van der Waals surface area contributed by atoms with Gasteiger partial charge in [-0.05, 0) is 29.3 Å². The molecule has 34 heavy (non-hydrogen) atoms. The third kappa shape index (κ3) is 3.66. The van der Waals surface area contributed by atoms with Crippen molar-refractivity contribution >= 4 is 5.91 Å². The number of aliphatic hydroxyl groups is 1. The van der Waals surface area contributed by atoms with E-state index in [0.29, 0.717) is 24.2 Å². The average molecular weight is 477 g/mol. The van der Waals surface area contributed by atoms with Gasteiger partial charge >= 0.3 is 6.18 Å². The summed E-state index contributed by atoms with van der Waals surface area (Å²) in [6.45, 7) is 1.88. The second-order valence-electron chi connectivity index (χ2n) is 8.66. The normalized spacial score (nSPS) is 19.8. The van der Waals surface area contributed by atoms with Gasteiger partial charge in [0.15, 0.2) is 0 Å². The molecule has 10 heteroatoms. The van der Waals surface area contributed by atoms with E-state index in [-0.39, 0.29) is 41.3 Å². The number of rotatable bonds is 2. The largest absolute Gasteiger partial charge is 0.416 e. The lowest BCUT2D eigenvalue weighted by molar-refractivity contribution is -0.137. The molecule has 0 radical (unpaired) electrons. The molecule has 0 unspecified atom stereocenters. The Bertz CT molecular complexity index is 1300. The molecule has 0 saturated carbocycles. The predicted molar refractivity (Wildman–Crippen MR) is 112 cm³/mol. The Kier molecular flexibility index (Phi) is 5.23. The Morgan fingerprint density at radius 3 is 2.62 bits per heavy atom. The minimum Gasteiger partial charge on any atom is -0.390 e. The Morgan fingerprint density at radius 1 is 1.15 bits per heavy atom. The molecule has 1 aromatic heterocycles. The molecule has 1 aliphatic heterocycles. The molecule has 2 aliphatic rings. The van der Waals surface area contributed by atoms with Crippen LogP contribution in [0.5, 0.6) is 0 Å². The number of amides is 1. The van der Waals surface area contributed by atoms with Crippen LogP contribution in [0.15, 0.2) is 36.4 Å². The lowest BCUT2D eigenvalue weighted by atomic mass is 9.99. The van der Waals surface area contributed by atoms with Crippen LogP contribution < -0.4 is 0 Å². The SMILES string of the molecule is CC(=O)N1CCc2c(c(-c3cccc(C(F)(F)F)c3)nn2[C@@H]2c3cc(F)cc(F)c3C[C@@H]2O)C1. The highest BCUT2D eigenvalue weighted by Gasteiger charge is 2.39. The van der Waals surface area contributed by atoms with E-state index in [1.165, 1.54) is 23.7 Å². The Labute approximate surface area is 191 Å². The van der Waals surface area contributed by atoms with Crippen LogP contribution in [0.25, 0.3) is 11.3 Å². The van der Waals surface area contributed by atoms with Gasteiger partial charge in [-0.15, -0.1) is 0 Å². The summed E-state index contributed by atoms with van der Waals surface area (Å²) in [6.07, 6.45) is -5.37. The Balaban J connectivity index is 1.69. The predicted octanol–water partition coefficient (Wildman–Crippen LogP) is 4.26. The zero-order chi connectivity index (χ0) is 24.4. The van der Waals surface area contributed by atoms with E-state index >= 15 is 0 Å². The van der Waals surface area contributed by atoms with E-state index in [0.717, 1.165) is 24.3 Å². The number of hydrogen-bond acceptors (Lipinski definition) is 3. The quantitative estimate of drug-likeness (QED) is 0.562. The molecular formula is C24H20F5N3O2. The third-order valence-corrected chi connectivity index (χ3v) is 6.55. The topological polar surface area (TPSA) is 58.4 Å². The maximum absolute atomic E-state index is 14.4. The van der Waals surface area contributed by atoms with E-state index < -0.39 is 35.5 Å². The van der Waals surface area contributed by atoms with Crippen LogP contribution in [0, 0.1) is 11.6 Å². The molecule has 2 atom stereocenters. The van der Waals surface area contributed by atoms with Crippen molar-refractivity contribution in [2.24, 2.45) is 0 Å². The molecule has 5 rings (SSSR count). The van der Waals surface area contributed by atoms with Gasteiger partial charge in [0.2, 0.25) is 5.91 Å². The smallest absolute Gasteiger partial charge is 0.390 e. The van der Waals surface area contributed by atoms with E-state index in [2.05, 4.69) is 5.10 Å². The van der Waals surface area contributed by atoms with E-state index in [4.69, 9.17) is 0 Å². The highest BCUT2D eigenvalue weighted by atomic mass is 19.4. The first-order valence-electron chi connectivity index (χ1n) is 10.7. The standard InChI is InChI=1S/C24H20F5N3O2/c1-12(33)31-6-5-20-18(11-31)22(13-3-2-4-14(7-13)24(27,28)29)30-32(20)23-17-8-15(25)9-19(26)16(17)10-21(23)34/h2-4,7-9,21,23,34H,5-6,10-11H2,1H3/t21-,23+/m0/s1. The number of hydrogen-bond donors (Lipinski definition) is 1. The molecule has 1 aliphatic carbocycles. The van der Waals surface area contributed by atoms with E-state index in [1.807, 2.05) is 0 Å². The summed E-state index contributed by atoms with van der Waals surface area (Å²) in [5, 5.41) is 15.4. The molecule has 0 fully saturated rings. The second-order valence-corrected chi connectivity index (χ2v) is 8.66. The number of halogens is 5. The summed E-state index contributed by atoms with van der Waals surface area (Å²) >= 11 is 0. The van der Waals surface area contributed by atoms with Gasteiger partial charge in [0.05, 0.1) is 17.4 Å². The summed E-state index contributed by atoms with van der Waals surface area (Å²) in [5.41, 5.74) is 1.20. The summed E-state index contributed by atoms with van der Waals surface area (Å²) in [6, 6.07) is 5.72. The van der Waals surface area contributed by atoms with E-state index in [1.54, 1.807) is 4.90 Å². The zero-order valence-corrected chi connectivity index (χ0v) is 18.0. The molecule has 2 aromatic carbocycles. The highest BCUT2D eigenvalue weighted by molar-refractivity contribution is 5.75. The second kappa shape index (κ2) is 7.90. The average Bonchev–Trinajstić information content (AvgIpc) is 3.30. The fourth-order valence-electron chi connectivity index (χ4n) is 4.94. The molecule has 5 nitrogen and oxygen atoms in total. The summed E-state index contributed by atoms with van der Waals surface area (Å²) in [4.78, 5) is 13.6. The first-order chi connectivity index (χ1) is 16.0. The number of fused-ring (bicyclic) bond motifs is 2. The first-order valence-corrected chi connectivity index (χ1v) is 10.7. The van der Waals surface area contributed by atoms with Gasteiger partial charge in [-0.25, -0.2) is 8.78 Å². The molecular weight excluding hydrogens is 457 g/mol. The first kappa shape index (κ1) is 22.5. The molecule has 0 spiro atoms. The monoisotopic (exact) mass is 477 g/mol. The number of benzene rings is 2. The van der Waals surface area contributed by atoms with Gasteiger partial charge in [-0.2, -0.15) is 18.3 Å². The lowest BCUT2D eigenvalue weighted by Crippen LogP contribution is -2.35. The number of aromatic nitrogens is 2. The fourth-order valence-corrected chi connectivity index (χ4v) is 4.94. The highest BCUT2D eigenvalue weighted by Crippen LogP contribution is 2.41. The third-order valence-electron chi connectivity index (χ3n) is 6.55. The van der Waals surface area contributed by atoms with Crippen molar-refractivity contribution in [1.29, 1.82) is 0 Å². The lowest BCUT2D eigenvalue weighted by Gasteiger charge is -2.28. The molecule has 0 saturated heterocycles. The van der Waals surface area contributed by atoms with Crippen LogP contribution >= 0.6 is 0 Å². The number of alkyl halides is 3. The van der Waals surface area contributed by atoms with Gasteiger partial charge in [0, 0.05) is 55.7 Å². The number of carbonyl (C=O) groups is 1. The van der Waals surface area contributed by atoms with Crippen molar-refractivity contribution in [3.05, 3.63) is 76.0 Å². The van der Waals surface area contributed by atoms with Crippen molar-refractivity contribution in [3.63, 3.8) is 0 Å². The van der Waals surface area contributed by atoms with Crippen molar-refractivity contribution < 1.29 is 31.9 Å². The summed E-state index contributed by atoms with van der Waals surface area (Å²) in [7, 11) is 0. The Morgan fingerprint density at radius 2 is 1.91 bits per heavy atom. The summed E-state index contributed by atoms with van der Waals surface area (Å²) in [5.74, 6) is -1.75. The molecule has 1 amide bonds. The Hall–Kier alpha value is -3.27. The van der Waals surface area contributed by atoms with Crippen LogP contribution in [0.2, 0.25) is 0 Å². The van der Waals surface area contributed by atoms with Gasteiger partial charge in [0.1, 0.15) is 17.7 Å². The van der Waals surface area contributed by atoms with Crippen molar-refractivity contribution in [3.8, 4) is 11.3 Å². The maximum atomic E-state index is 14.4. The number of nitrogens with zero attached hydrogens (tertiary/aromatic N) is 3. The minimum absolute atomic E-state index is 0.0425. The van der Waals surface area contributed by atoms with Crippen LogP contribution in [0.3, 0.4) is 0 Å². The zero-order valence-electron chi connectivity index (χ0n) is 18.0. The summed E-state index contributed by atoms with van der Waals surface area (Å²) < 4.78 is 70.0. The molecule has 178 valence electrons. The van der Waals surface area contributed by atoms with Crippen LogP contribution in [0.4, 0.5) is 22.0 Å². The van der Waals surface area contributed by atoms with Gasteiger partial charge in [0.25, 0.3) is 0 Å². The van der Waals surface area contributed by atoms with Gasteiger partial charge in [-0.3, -0.25) is 9.48 Å². The van der Waals surface area contributed by atoms with Crippen LogP contribution in [-0.4, -0.2) is 38.3 Å². The van der Waals surface area contributed by atoms with Crippen LogP contribution in [-0.2, 0) is 30.4 Å². The van der Waals surface area contributed by atoms with Gasteiger partial charge < -0.3 is 10.0 Å². The van der Waals surface area contributed by atoms with Crippen molar-refractivity contribution in [2.75, 3.05) is 6.54 Å². The van der Waals surface area contributed by atoms with Crippen molar-refractivity contribution in [1.82, 2.24) is 14.7 Å². The van der Waals surface area contributed by atoms with E-state index in [9.17, 15) is 31.9 Å². The number of aliphatic hydroxyl groups excluding tert-OH is 1. The molecule has 2 heterocycles. The minimum atomic E-state index is -4.56. The van der Waals surface area contributed by atoms with Crippen molar-refractivity contribution in [2.45, 2.75) is 44.6 Å². The fraction of sp³-hybridized carbons (Fsp3) is 0.333. The maximum Gasteiger partial charge on any atom is 0.416 e. The van der Waals surface area contributed by atoms with Gasteiger partial charge in [-0.1, -0.05) is 12.1 Å². The molecule has 1 N–H and O–H groups in total. The molecule has 0 bridgehead atoms. The van der Waals surface area contributed by atoms with Crippen LogP contribution in [0.1, 0.15) is 40.9 Å².